The Bertz CT molecular complexity index is 688. The predicted octanol–water partition coefficient (Wildman–Crippen LogP) is 2.81. The summed E-state index contributed by atoms with van der Waals surface area (Å²) in [5.74, 6) is 0.902. The van der Waals surface area contributed by atoms with Crippen molar-refractivity contribution in [1.82, 2.24) is 30.0 Å². The zero-order valence-electron chi connectivity index (χ0n) is 15.5. The molecule has 1 atom stereocenters. The maximum Gasteiger partial charge on any atom is 0.173 e. The second-order valence-corrected chi connectivity index (χ2v) is 7.84. The van der Waals surface area contributed by atoms with Crippen molar-refractivity contribution in [3.05, 3.63) is 40.7 Å². The van der Waals surface area contributed by atoms with Crippen LogP contribution in [0.2, 0.25) is 5.02 Å². The van der Waals surface area contributed by atoms with Crippen molar-refractivity contribution in [2.75, 3.05) is 33.2 Å². The normalized spacial score (nSPS) is 18.4. The molecule has 0 spiro atoms. The van der Waals surface area contributed by atoms with Crippen molar-refractivity contribution in [3.8, 4) is 0 Å². The lowest BCUT2D eigenvalue weighted by molar-refractivity contribution is 0.117. The van der Waals surface area contributed by atoms with Gasteiger partial charge in [-0.2, -0.15) is 0 Å². The van der Waals surface area contributed by atoms with Crippen LogP contribution in [0.25, 0.3) is 0 Å². The van der Waals surface area contributed by atoms with Gasteiger partial charge in [-0.05, 0) is 55.4 Å². The minimum atomic E-state index is -0.129. The monoisotopic (exact) mass is 362 g/mol. The summed E-state index contributed by atoms with van der Waals surface area (Å²) in [4.78, 5) is 4.82. The Balaban J connectivity index is 2.03. The maximum absolute atomic E-state index is 6.11. The van der Waals surface area contributed by atoms with Crippen molar-refractivity contribution >= 4 is 11.6 Å². The molecule has 0 N–H and O–H groups in total. The van der Waals surface area contributed by atoms with Gasteiger partial charge in [-0.3, -0.25) is 4.90 Å². The van der Waals surface area contributed by atoms with E-state index < -0.39 is 0 Å². The zero-order valence-corrected chi connectivity index (χ0v) is 16.2. The van der Waals surface area contributed by atoms with E-state index in [9.17, 15) is 0 Å². The molecule has 0 aliphatic carbocycles. The summed E-state index contributed by atoms with van der Waals surface area (Å²) in [6.45, 7) is 10.6. The highest BCUT2D eigenvalue weighted by Gasteiger charge is 2.33. The fourth-order valence-electron chi connectivity index (χ4n) is 3.19. The molecule has 7 heteroatoms. The Hall–Kier alpha value is -1.50. The van der Waals surface area contributed by atoms with Crippen LogP contribution in [-0.4, -0.2) is 63.2 Å². The summed E-state index contributed by atoms with van der Waals surface area (Å²) < 4.78 is 1.99. The van der Waals surface area contributed by atoms with Crippen molar-refractivity contribution in [1.29, 1.82) is 0 Å². The van der Waals surface area contributed by atoms with Gasteiger partial charge in [-0.15, -0.1) is 5.10 Å². The second-order valence-electron chi connectivity index (χ2n) is 7.41. The van der Waals surface area contributed by atoms with E-state index in [4.69, 9.17) is 11.6 Å². The van der Waals surface area contributed by atoms with Gasteiger partial charge >= 0.3 is 0 Å². The molecule has 0 unspecified atom stereocenters. The van der Waals surface area contributed by atoms with Crippen molar-refractivity contribution in [2.45, 2.75) is 38.8 Å². The summed E-state index contributed by atoms with van der Waals surface area (Å²) >= 11 is 6.11. The van der Waals surface area contributed by atoms with E-state index in [0.29, 0.717) is 0 Å². The van der Waals surface area contributed by atoms with Gasteiger partial charge in [-0.25, -0.2) is 4.68 Å². The van der Waals surface area contributed by atoms with E-state index in [0.717, 1.165) is 43.4 Å². The molecule has 0 saturated carbocycles. The molecule has 2 heterocycles. The maximum atomic E-state index is 6.11. The molecular formula is C18H27ClN6. The highest BCUT2D eigenvalue weighted by Crippen LogP contribution is 2.31. The number of tetrazole rings is 1. The Morgan fingerprint density at radius 2 is 1.76 bits per heavy atom. The largest absolute Gasteiger partial charge is 0.304 e. The minimum Gasteiger partial charge on any atom is -0.304 e. The average Bonchev–Trinajstić information content (AvgIpc) is 3.09. The first-order valence-corrected chi connectivity index (χ1v) is 9.27. The van der Waals surface area contributed by atoms with Gasteiger partial charge in [0, 0.05) is 31.2 Å². The summed E-state index contributed by atoms with van der Waals surface area (Å²) in [7, 11) is 2.17. The van der Waals surface area contributed by atoms with Crippen LogP contribution in [0.3, 0.4) is 0 Å². The molecule has 136 valence electrons. The van der Waals surface area contributed by atoms with Crippen molar-refractivity contribution in [2.24, 2.45) is 0 Å². The first kappa shape index (κ1) is 18.3. The van der Waals surface area contributed by atoms with E-state index in [2.05, 4.69) is 65.3 Å². The first-order valence-electron chi connectivity index (χ1n) is 8.89. The van der Waals surface area contributed by atoms with E-state index in [1.54, 1.807) is 0 Å². The van der Waals surface area contributed by atoms with Gasteiger partial charge in [0.15, 0.2) is 5.82 Å². The molecule has 3 rings (SSSR count). The van der Waals surface area contributed by atoms with E-state index >= 15 is 0 Å². The minimum absolute atomic E-state index is 0.0341. The lowest BCUT2D eigenvalue weighted by Crippen LogP contribution is -2.47. The first-order chi connectivity index (χ1) is 11.9. The van der Waals surface area contributed by atoms with Crippen molar-refractivity contribution in [3.63, 3.8) is 0 Å². The molecule has 0 radical (unpaired) electrons. The summed E-state index contributed by atoms with van der Waals surface area (Å²) in [6, 6.07) is 8.09. The van der Waals surface area contributed by atoms with Gasteiger partial charge in [0.2, 0.25) is 0 Å². The second kappa shape index (κ2) is 7.40. The fourth-order valence-corrected chi connectivity index (χ4v) is 3.32. The van der Waals surface area contributed by atoms with Crippen LogP contribution in [-0.2, 0) is 5.54 Å². The van der Waals surface area contributed by atoms with Crippen LogP contribution in [0, 0.1) is 0 Å². The number of hydrogen-bond donors (Lipinski definition) is 0. The van der Waals surface area contributed by atoms with Gasteiger partial charge in [0.1, 0.15) is 0 Å². The molecule has 1 fully saturated rings. The molecule has 1 aromatic heterocycles. The van der Waals surface area contributed by atoms with Crippen LogP contribution in [0.4, 0.5) is 0 Å². The Morgan fingerprint density at radius 3 is 2.36 bits per heavy atom. The number of halogens is 1. The SMILES string of the molecule is CCC(C)(C)n1nnnc1[C@@H](c1ccc(Cl)cc1)N1CCN(C)CC1. The van der Waals surface area contributed by atoms with E-state index in [1.807, 2.05) is 16.8 Å². The van der Waals surface area contributed by atoms with Gasteiger partial charge < -0.3 is 4.90 Å². The van der Waals surface area contributed by atoms with Crippen LogP contribution in [0.1, 0.15) is 44.6 Å². The zero-order chi connectivity index (χ0) is 18.0. The van der Waals surface area contributed by atoms with E-state index in [-0.39, 0.29) is 11.6 Å². The molecule has 25 heavy (non-hydrogen) atoms. The highest BCUT2D eigenvalue weighted by molar-refractivity contribution is 6.30. The molecule has 0 amide bonds. The average molecular weight is 363 g/mol. The van der Waals surface area contributed by atoms with Crippen LogP contribution < -0.4 is 0 Å². The van der Waals surface area contributed by atoms with Gasteiger partial charge in [-0.1, -0.05) is 30.7 Å². The highest BCUT2D eigenvalue weighted by atomic mass is 35.5. The standard InChI is InChI=1S/C18H27ClN6/c1-5-18(2,3)25-17(20-21-22-25)16(14-6-8-15(19)9-7-14)24-12-10-23(4)11-13-24/h6-9,16H,5,10-13H2,1-4H3/t16-/m1/s1. The van der Waals surface area contributed by atoms with Crippen LogP contribution in [0.15, 0.2) is 24.3 Å². The number of aromatic nitrogens is 4. The third-order valence-electron chi connectivity index (χ3n) is 5.27. The summed E-state index contributed by atoms with van der Waals surface area (Å²) in [5, 5.41) is 13.5. The molecule has 0 bridgehead atoms. The number of benzene rings is 1. The third kappa shape index (κ3) is 3.86. The molecular weight excluding hydrogens is 336 g/mol. The predicted molar refractivity (Wildman–Crippen MR) is 99.8 cm³/mol. The summed E-state index contributed by atoms with van der Waals surface area (Å²) in [6.07, 6.45) is 0.959. The number of rotatable bonds is 5. The Morgan fingerprint density at radius 1 is 1.12 bits per heavy atom. The number of piperazine rings is 1. The topological polar surface area (TPSA) is 50.1 Å². The molecule has 1 aliphatic heterocycles. The molecule has 1 aliphatic rings. The number of nitrogens with zero attached hydrogens (tertiary/aromatic N) is 6. The lowest BCUT2D eigenvalue weighted by Gasteiger charge is -2.38. The van der Waals surface area contributed by atoms with Gasteiger partial charge in [0.25, 0.3) is 0 Å². The fraction of sp³-hybridized carbons (Fsp3) is 0.611. The third-order valence-corrected chi connectivity index (χ3v) is 5.52. The molecule has 1 aromatic carbocycles. The molecule has 6 nitrogen and oxygen atoms in total. The lowest BCUT2D eigenvalue weighted by atomic mass is 9.99. The van der Waals surface area contributed by atoms with E-state index in [1.165, 1.54) is 5.56 Å². The Labute approximate surface area is 154 Å². The van der Waals surface area contributed by atoms with Crippen LogP contribution in [0.5, 0.6) is 0 Å². The summed E-state index contributed by atoms with van der Waals surface area (Å²) in [5.41, 5.74) is 1.05. The quantitative estimate of drug-likeness (QED) is 0.818. The smallest absolute Gasteiger partial charge is 0.173 e. The molecule has 2 aromatic rings. The van der Waals surface area contributed by atoms with Crippen LogP contribution >= 0.6 is 11.6 Å². The van der Waals surface area contributed by atoms with Crippen molar-refractivity contribution < 1.29 is 0 Å². The number of likely N-dealkylation sites (N-methyl/N-ethyl adjacent to an activating group) is 1. The Kier molecular flexibility index (Phi) is 5.41. The number of hydrogen-bond acceptors (Lipinski definition) is 5. The van der Waals surface area contributed by atoms with Gasteiger partial charge in [0.05, 0.1) is 11.6 Å². The molecule has 1 saturated heterocycles.